The van der Waals surface area contributed by atoms with Gasteiger partial charge in [0.1, 0.15) is 0 Å². The highest BCUT2D eigenvalue weighted by atomic mass is 14.0. The molecule has 0 aromatic rings. The van der Waals surface area contributed by atoms with Crippen LogP contribution in [0.2, 0.25) is 0 Å². The highest BCUT2D eigenvalue weighted by Gasteiger charge is 1.90. The molecule has 0 heterocycles. The molecule has 0 aromatic heterocycles. The van der Waals surface area contributed by atoms with Crippen LogP contribution in [0, 0.1) is 0 Å². The minimum atomic E-state index is 1.28. The summed E-state index contributed by atoms with van der Waals surface area (Å²) in [5.74, 6) is 0. The van der Waals surface area contributed by atoms with Gasteiger partial charge in [-0.15, -0.1) is 0 Å². The van der Waals surface area contributed by atoms with Crippen molar-refractivity contribution in [3.8, 4) is 0 Å². The second-order valence-electron chi connectivity index (χ2n) is 6.33. The minimum absolute atomic E-state index is 1.28. The van der Waals surface area contributed by atoms with Gasteiger partial charge in [0.25, 0.3) is 0 Å². The molecule has 1 aliphatic carbocycles. The monoisotopic (exact) mass is 288 g/mol. The van der Waals surface area contributed by atoms with E-state index in [0.29, 0.717) is 0 Å². The fraction of sp³-hybridized carbons (Fsp3) is 0.714. The van der Waals surface area contributed by atoms with E-state index in [1.54, 1.807) is 0 Å². The van der Waals surface area contributed by atoms with Gasteiger partial charge >= 0.3 is 0 Å². The fourth-order valence-corrected chi connectivity index (χ4v) is 2.81. The molecule has 0 nitrogen and oxygen atoms in total. The van der Waals surface area contributed by atoms with Crippen molar-refractivity contribution in [1.29, 1.82) is 0 Å². The molecule has 0 radical (unpaired) electrons. The summed E-state index contributed by atoms with van der Waals surface area (Å²) < 4.78 is 0. The van der Waals surface area contributed by atoms with Gasteiger partial charge in [-0.05, 0) is 77.0 Å². The first-order valence-corrected chi connectivity index (χ1v) is 9.45. The van der Waals surface area contributed by atoms with Crippen molar-refractivity contribution >= 4 is 0 Å². The molecule has 1 rings (SSSR count). The molecular weight excluding hydrogens is 252 g/mol. The standard InChI is InChI=1S/C21H36/c1-2-4-6-8-10-12-14-16-18-20-21-19-17-15-13-11-9-7-5-3-1/h1-2,13-16H,3-12,17-21H2/b2-1+,15-13+,16-14+. The van der Waals surface area contributed by atoms with Crippen molar-refractivity contribution in [2.45, 2.75) is 96.3 Å². The molecule has 120 valence electrons. The highest BCUT2D eigenvalue weighted by Crippen LogP contribution is 2.10. The van der Waals surface area contributed by atoms with Gasteiger partial charge in [0.2, 0.25) is 0 Å². The number of allylic oxidation sites excluding steroid dienone is 6. The summed E-state index contributed by atoms with van der Waals surface area (Å²) >= 11 is 0. The topological polar surface area (TPSA) is 0 Å². The molecule has 0 unspecified atom stereocenters. The lowest BCUT2D eigenvalue weighted by atomic mass is 10.1. The van der Waals surface area contributed by atoms with Crippen molar-refractivity contribution in [2.75, 3.05) is 0 Å². The van der Waals surface area contributed by atoms with Crippen molar-refractivity contribution in [2.24, 2.45) is 0 Å². The Labute approximate surface area is 133 Å². The average Bonchev–Trinajstić information content (AvgIpc) is 2.50. The molecule has 0 aromatic carbocycles. The highest BCUT2D eigenvalue weighted by molar-refractivity contribution is 4.84. The first-order valence-electron chi connectivity index (χ1n) is 9.45. The van der Waals surface area contributed by atoms with E-state index in [1.165, 1.54) is 96.3 Å². The third kappa shape index (κ3) is 13.9. The predicted molar refractivity (Wildman–Crippen MR) is 96.7 cm³/mol. The third-order valence-electron chi connectivity index (χ3n) is 4.22. The van der Waals surface area contributed by atoms with Crippen molar-refractivity contribution in [1.82, 2.24) is 0 Å². The Balaban J connectivity index is 2.16. The fourth-order valence-electron chi connectivity index (χ4n) is 2.81. The van der Waals surface area contributed by atoms with Gasteiger partial charge in [-0.3, -0.25) is 0 Å². The molecule has 0 aliphatic heterocycles. The zero-order chi connectivity index (χ0) is 14.8. The van der Waals surface area contributed by atoms with E-state index in [9.17, 15) is 0 Å². The lowest BCUT2D eigenvalue weighted by Gasteiger charge is -1.97. The van der Waals surface area contributed by atoms with Crippen LogP contribution in [0.3, 0.4) is 0 Å². The minimum Gasteiger partial charge on any atom is -0.0885 e. The lowest BCUT2D eigenvalue weighted by molar-refractivity contribution is 0.684. The Morgan fingerprint density at radius 1 is 0.238 bits per heavy atom. The van der Waals surface area contributed by atoms with Crippen LogP contribution in [0.25, 0.3) is 0 Å². The molecule has 0 spiro atoms. The second-order valence-corrected chi connectivity index (χ2v) is 6.33. The van der Waals surface area contributed by atoms with Crippen molar-refractivity contribution in [3.63, 3.8) is 0 Å². The van der Waals surface area contributed by atoms with Crippen LogP contribution in [-0.4, -0.2) is 0 Å². The molecule has 0 amide bonds. The third-order valence-corrected chi connectivity index (χ3v) is 4.22. The van der Waals surface area contributed by atoms with Crippen LogP contribution in [0.5, 0.6) is 0 Å². The van der Waals surface area contributed by atoms with Gasteiger partial charge in [0.15, 0.2) is 0 Å². The summed E-state index contributed by atoms with van der Waals surface area (Å²) in [5, 5.41) is 0. The SMILES string of the molecule is C1=C/CCCCC/C=C/CCCCC/C=C/CCCCC/1. The first-order chi connectivity index (χ1) is 10.5. The maximum absolute atomic E-state index is 2.40. The van der Waals surface area contributed by atoms with Gasteiger partial charge in [-0.25, -0.2) is 0 Å². The predicted octanol–water partition coefficient (Wildman–Crippen LogP) is 7.52. The van der Waals surface area contributed by atoms with Crippen molar-refractivity contribution in [3.05, 3.63) is 36.5 Å². The first kappa shape index (κ1) is 18.3. The molecule has 0 saturated heterocycles. The summed E-state index contributed by atoms with van der Waals surface area (Å²) in [6.45, 7) is 0. The largest absolute Gasteiger partial charge is 0.0885 e. The maximum Gasteiger partial charge on any atom is -0.0351 e. The van der Waals surface area contributed by atoms with E-state index < -0.39 is 0 Å². The van der Waals surface area contributed by atoms with Crippen molar-refractivity contribution < 1.29 is 0 Å². The molecule has 0 heteroatoms. The van der Waals surface area contributed by atoms with Gasteiger partial charge in [0.05, 0.1) is 0 Å². The quantitative estimate of drug-likeness (QED) is 0.404. The Kier molecular flexibility index (Phi) is 13.6. The molecule has 1 aliphatic rings. The van der Waals surface area contributed by atoms with Gasteiger partial charge in [-0.1, -0.05) is 55.7 Å². The van der Waals surface area contributed by atoms with Crippen LogP contribution in [0.4, 0.5) is 0 Å². The molecule has 0 N–H and O–H groups in total. The Morgan fingerprint density at radius 2 is 0.429 bits per heavy atom. The Morgan fingerprint density at radius 3 is 0.619 bits per heavy atom. The normalized spacial score (nSPS) is 26.3. The van der Waals surface area contributed by atoms with E-state index >= 15 is 0 Å². The van der Waals surface area contributed by atoms with Gasteiger partial charge in [0, 0.05) is 0 Å². The maximum atomic E-state index is 2.40. The lowest BCUT2D eigenvalue weighted by Crippen LogP contribution is -1.77. The second kappa shape index (κ2) is 15.6. The van der Waals surface area contributed by atoms with E-state index in [0.717, 1.165) is 0 Å². The average molecular weight is 289 g/mol. The van der Waals surface area contributed by atoms with Crippen LogP contribution >= 0.6 is 0 Å². The molecule has 0 bridgehead atoms. The van der Waals surface area contributed by atoms with Crippen LogP contribution < -0.4 is 0 Å². The summed E-state index contributed by atoms with van der Waals surface area (Å²) in [4.78, 5) is 0. The molecule has 0 saturated carbocycles. The van der Waals surface area contributed by atoms with E-state index in [4.69, 9.17) is 0 Å². The van der Waals surface area contributed by atoms with E-state index in [1.807, 2.05) is 0 Å². The zero-order valence-corrected chi connectivity index (χ0v) is 14.1. The molecule has 21 heavy (non-hydrogen) atoms. The van der Waals surface area contributed by atoms with Crippen LogP contribution in [-0.2, 0) is 0 Å². The van der Waals surface area contributed by atoms with E-state index in [2.05, 4.69) is 36.5 Å². The summed E-state index contributed by atoms with van der Waals surface area (Å²) in [6, 6.07) is 0. The van der Waals surface area contributed by atoms with E-state index in [-0.39, 0.29) is 0 Å². The summed E-state index contributed by atoms with van der Waals surface area (Å²) in [5.41, 5.74) is 0. The van der Waals surface area contributed by atoms with Crippen LogP contribution in [0.15, 0.2) is 36.5 Å². The molecular formula is C21H36. The van der Waals surface area contributed by atoms with Gasteiger partial charge < -0.3 is 0 Å². The smallest absolute Gasteiger partial charge is 0.0351 e. The summed E-state index contributed by atoms with van der Waals surface area (Å²) in [6.07, 6.45) is 34.5. The Hall–Kier alpha value is -0.780. The van der Waals surface area contributed by atoms with Crippen LogP contribution in [0.1, 0.15) is 96.3 Å². The number of hydrogen-bond donors (Lipinski definition) is 0. The number of hydrogen-bond acceptors (Lipinski definition) is 0. The molecule has 0 fully saturated rings. The zero-order valence-electron chi connectivity index (χ0n) is 14.1. The molecule has 0 atom stereocenters. The van der Waals surface area contributed by atoms with Gasteiger partial charge in [-0.2, -0.15) is 0 Å². The number of rotatable bonds is 0. The Bertz CT molecular complexity index is 211. The summed E-state index contributed by atoms with van der Waals surface area (Å²) in [7, 11) is 0.